The molecule has 2 aromatic carbocycles. The van der Waals surface area contributed by atoms with Crippen LogP contribution in [0.4, 0.5) is 5.69 Å². The van der Waals surface area contributed by atoms with Crippen molar-refractivity contribution in [3.05, 3.63) is 62.0 Å². The molecule has 6 heteroatoms. The monoisotopic (exact) mass is 410 g/mol. The van der Waals surface area contributed by atoms with Gasteiger partial charge >= 0.3 is 0 Å². The maximum Gasteiger partial charge on any atom is 0.224 e. The van der Waals surface area contributed by atoms with Crippen LogP contribution >= 0.6 is 39.1 Å². The first kappa shape index (κ1) is 16.5. The first-order valence-corrected chi connectivity index (χ1v) is 8.61. The summed E-state index contributed by atoms with van der Waals surface area (Å²) < 4.78 is 1.04. The van der Waals surface area contributed by atoms with Crippen LogP contribution in [-0.4, -0.2) is 18.2 Å². The van der Waals surface area contributed by atoms with Crippen molar-refractivity contribution >= 4 is 56.4 Å². The number of halogens is 3. The van der Waals surface area contributed by atoms with Crippen molar-refractivity contribution in [2.45, 2.75) is 12.8 Å². The molecule has 0 unspecified atom stereocenters. The second-order valence-electron chi connectivity index (χ2n) is 5.32. The van der Waals surface area contributed by atoms with Gasteiger partial charge in [-0.1, -0.05) is 45.2 Å². The van der Waals surface area contributed by atoms with Crippen LogP contribution in [0.5, 0.6) is 0 Å². The molecule has 1 aliphatic heterocycles. The van der Waals surface area contributed by atoms with E-state index in [0.717, 1.165) is 27.9 Å². The number of aliphatic imine (C=N–C) groups is 1. The van der Waals surface area contributed by atoms with Crippen LogP contribution in [0.1, 0.15) is 11.1 Å². The average molecular weight is 412 g/mol. The number of carbonyl (C=O) groups is 1. The Morgan fingerprint density at radius 3 is 2.83 bits per heavy atom. The number of benzene rings is 2. The summed E-state index contributed by atoms with van der Waals surface area (Å²) in [6, 6.07) is 11.1. The summed E-state index contributed by atoms with van der Waals surface area (Å²) in [5.41, 5.74) is 3.85. The lowest BCUT2D eigenvalue weighted by atomic mass is 10.1. The maximum atomic E-state index is 12.1. The molecule has 0 atom stereocenters. The number of rotatable bonds is 4. The number of hydrogen-bond donors (Lipinski definition) is 1. The highest BCUT2D eigenvalue weighted by molar-refractivity contribution is 9.10. The second kappa shape index (κ2) is 7.04. The first-order chi connectivity index (χ1) is 11.0. The van der Waals surface area contributed by atoms with E-state index in [1.165, 1.54) is 5.56 Å². The second-order valence-corrected chi connectivity index (χ2v) is 7.08. The standard InChI is InChI=1S/C17H13BrCl2N2O/c18-12-2-4-16-11(5-12)6-14(22-16)9-21-17(23)7-10-1-3-13(19)8-15(10)20/h1-5,8H,6-7,9H2,(H,21,23). The van der Waals surface area contributed by atoms with E-state index < -0.39 is 0 Å². The third-order valence-corrected chi connectivity index (χ3v) is 4.65. The van der Waals surface area contributed by atoms with Gasteiger partial charge in [0.05, 0.1) is 18.7 Å². The molecule has 1 amide bonds. The quantitative estimate of drug-likeness (QED) is 0.775. The number of carbonyl (C=O) groups excluding carboxylic acids is 1. The van der Waals surface area contributed by atoms with Crippen molar-refractivity contribution in [2.24, 2.45) is 4.99 Å². The van der Waals surface area contributed by atoms with E-state index in [0.29, 0.717) is 16.6 Å². The van der Waals surface area contributed by atoms with Gasteiger partial charge in [0.15, 0.2) is 0 Å². The third kappa shape index (κ3) is 4.14. The van der Waals surface area contributed by atoms with E-state index in [-0.39, 0.29) is 12.3 Å². The van der Waals surface area contributed by atoms with E-state index in [1.54, 1.807) is 18.2 Å². The van der Waals surface area contributed by atoms with Gasteiger partial charge in [-0.05, 0) is 41.5 Å². The van der Waals surface area contributed by atoms with Crippen LogP contribution in [0.2, 0.25) is 10.0 Å². The fourth-order valence-corrected chi connectivity index (χ4v) is 3.32. The molecular weight excluding hydrogens is 399 g/mol. The predicted molar refractivity (Wildman–Crippen MR) is 98.1 cm³/mol. The molecule has 0 spiro atoms. The molecule has 0 aliphatic carbocycles. The van der Waals surface area contributed by atoms with Gasteiger partial charge < -0.3 is 5.32 Å². The minimum absolute atomic E-state index is 0.0888. The smallest absolute Gasteiger partial charge is 0.224 e. The van der Waals surface area contributed by atoms with Gasteiger partial charge in [0.1, 0.15) is 0 Å². The molecular formula is C17H13BrCl2N2O. The minimum atomic E-state index is -0.0888. The Morgan fingerprint density at radius 1 is 1.22 bits per heavy atom. The molecule has 2 aromatic rings. The van der Waals surface area contributed by atoms with Crippen molar-refractivity contribution in [3.8, 4) is 0 Å². The predicted octanol–water partition coefficient (Wildman–Crippen LogP) is 4.74. The van der Waals surface area contributed by atoms with Gasteiger partial charge in [-0.25, -0.2) is 0 Å². The summed E-state index contributed by atoms with van der Waals surface area (Å²) in [6.07, 6.45) is 0.985. The minimum Gasteiger partial charge on any atom is -0.350 e. The molecule has 1 aliphatic rings. The van der Waals surface area contributed by atoms with Crippen LogP contribution in [-0.2, 0) is 17.6 Å². The number of fused-ring (bicyclic) bond motifs is 1. The van der Waals surface area contributed by atoms with Gasteiger partial charge in [-0.3, -0.25) is 9.79 Å². The van der Waals surface area contributed by atoms with Crippen LogP contribution in [0, 0.1) is 0 Å². The average Bonchev–Trinajstić information content (AvgIpc) is 2.90. The molecule has 23 heavy (non-hydrogen) atoms. The Morgan fingerprint density at radius 2 is 2.04 bits per heavy atom. The molecule has 0 radical (unpaired) electrons. The molecule has 0 saturated carbocycles. The van der Waals surface area contributed by atoms with Crippen molar-refractivity contribution in [2.75, 3.05) is 6.54 Å². The molecule has 0 bridgehead atoms. The van der Waals surface area contributed by atoms with Crippen molar-refractivity contribution in [1.82, 2.24) is 5.32 Å². The van der Waals surface area contributed by atoms with Crippen LogP contribution in [0.25, 0.3) is 0 Å². The van der Waals surface area contributed by atoms with E-state index in [4.69, 9.17) is 23.2 Å². The zero-order valence-electron chi connectivity index (χ0n) is 12.1. The van der Waals surface area contributed by atoms with Crippen LogP contribution < -0.4 is 5.32 Å². The number of hydrogen-bond acceptors (Lipinski definition) is 2. The molecule has 0 aromatic heterocycles. The summed E-state index contributed by atoms with van der Waals surface area (Å²) in [6.45, 7) is 0.441. The largest absolute Gasteiger partial charge is 0.350 e. The summed E-state index contributed by atoms with van der Waals surface area (Å²) in [7, 11) is 0. The highest BCUT2D eigenvalue weighted by atomic mass is 79.9. The molecule has 3 nitrogen and oxygen atoms in total. The number of amides is 1. The van der Waals surface area contributed by atoms with Gasteiger partial charge in [0.25, 0.3) is 0 Å². The van der Waals surface area contributed by atoms with E-state index in [1.807, 2.05) is 12.1 Å². The summed E-state index contributed by atoms with van der Waals surface area (Å²) >= 11 is 15.4. The number of nitrogens with zero attached hydrogens (tertiary/aromatic N) is 1. The van der Waals surface area contributed by atoms with Gasteiger partial charge in [-0.2, -0.15) is 0 Å². The Balaban J connectivity index is 1.56. The zero-order valence-corrected chi connectivity index (χ0v) is 15.2. The third-order valence-electron chi connectivity index (χ3n) is 3.57. The fraction of sp³-hybridized carbons (Fsp3) is 0.176. The van der Waals surface area contributed by atoms with Crippen molar-refractivity contribution in [1.29, 1.82) is 0 Å². The van der Waals surface area contributed by atoms with E-state index in [2.05, 4.69) is 32.3 Å². The Kier molecular flexibility index (Phi) is 5.05. The lowest BCUT2D eigenvalue weighted by Crippen LogP contribution is -2.30. The molecule has 0 fully saturated rings. The summed E-state index contributed by atoms with van der Waals surface area (Å²) in [5, 5.41) is 3.95. The first-order valence-electron chi connectivity index (χ1n) is 7.07. The maximum absolute atomic E-state index is 12.1. The topological polar surface area (TPSA) is 41.5 Å². The van der Waals surface area contributed by atoms with Gasteiger partial charge in [0, 0.05) is 26.7 Å². The Bertz CT molecular complexity index is 805. The zero-order chi connectivity index (χ0) is 16.4. The summed E-state index contributed by atoms with van der Waals surface area (Å²) in [4.78, 5) is 16.6. The number of nitrogens with one attached hydrogen (secondary N) is 1. The van der Waals surface area contributed by atoms with E-state index in [9.17, 15) is 4.79 Å². The van der Waals surface area contributed by atoms with Crippen molar-refractivity contribution in [3.63, 3.8) is 0 Å². The Labute approximate surface area is 152 Å². The Hall–Kier alpha value is -1.36. The lowest BCUT2D eigenvalue weighted by molar-refractivity contribution is -0.120. The molecule has 3 rings (SSSR count). The van der Waals surface area contributed by atoms with Gasteiger partial charge in [-0.15, -0.1) is 0 Å². The SMILES string of the molecule is O=C(Cc1ccc(Cl)cc1Cl)NCC1=Nc2ccc(Br)cc2C1. The normalized spacial score (nSPS) is 12.7. The summed E-state index contributed by atoms with van der Waals surface area (Å²) in [5.74, 6) is -0.0888. The highest BCUT2D eigenvalue weighted by Gasteiger charge is 2.15. The molecule has 1 N–H and O–H groups in total. The van der Waals surface area contributed by atoms with Crippen LogP contribution in [0.15, 0.2) is 45.9 Å². The molecule has 0 saturated heterocycles. The highest BCUT2D eigenvalue weighted by Crippen LogP contribution is 2.29. The van der Waals surface area contributed by atoms with Crippen molar-refractivity contribution < 1.29 is 4.79 Å². The van der Waals surface area contributed by atoms with Crippen LogP contribution in [0.3, 0.4) is 0 Å². The van der Waals surface area contributed by atoms with Gasteiger partial charge in [0.2, 0.25) is 5.91 Å². The lowest BCUT2D eigenvalue weighted by Gasteiger charge is -2.07. The van der Waals surface area contributed by atoms with E-state index >= 15 is 0 Å². The molecule has 1 heterocycles. The molecule has 118 valence electrons. The fourth-order valence-electron chi connectivity index (χ4n) is 2.44.